The molecule has 0 aromatic heterocycles. The zero-order valence-corrected chi connectivity index (χ0v) is 12.2. The Morgan fingerprint density at radius 2 is 2.11 bits per heavy atom. The zero-order chi connectivity index (χ0) is 13.1. The van der Waals surface area contributed by atoms with Gasteiger partial charge in [0.1, 0.15) is 0 Å². The molecule has 19 heavy (non-hydrogen) atoms. The van der Waals surface area contributed by atoms with E-state index in [1.54, 1.807) is 0 Å². The molecule has 0 aromatic rings. The van der Waals surface area contributed by atoms with Gasteiger partial charge in [0.05, 0.1) is 18.3 Å². The summed E-state index contributed by atoms with van der Waals surface area (Å²) in [5.41, 5.74) is 0.134. The Labute approximate surface area is 119 Å². The average Bonchev–Trinajstić information content (AvgIpc) is 2.48. The van der Waals surface area contributed by atoms with Crippen LogP contribution in [-0.2, 0) is 9.47 Å². The van der Waals surface area contributed by atoms with Crippen molar-refractivity contribution in [2.75, 3.05) is 37.8 Å². The number of rotatable bonds is 1. The second-order valence-corrected chi connectivity index (χ2v) is 7.00. The monoisotopic (exact) mass is 282 g/mol. The Morgan fingerprint density at radius 3 is 2.89 bits per heavy atom. The normalized spacial score (nSPS) is 35.9. The molecule has 3 saturated heterocycles. The van der Waals surface area contributed by atoms with Gasteiger partial charge >= 0.3 is 0 Å². The van der Waals surface area contributed by atoms with E-state index >= 15 is 0 Å². The first-order valence-electron chi connectivity index (χ1n) is 7.28. The Morgan fingerprint density at radius 1 is 1.26 bits per heavy atom. The fraction of sp³-hybridized carbons (Fsp3) is 0.929. The lowest BCUT2D eigenvalue weighted by molar-refractivity contribution is -0.123. The van der Waals surface area contributed by atoms with Gasteiger partial charge in [-0.25, -0.2) is 0 Å². The summed E-state index contributed by atoms with van der Waals surface area (Å²) in [6.07, 6.45) is 4.40. The van der Waals surface area contributed by atoms with E-state index in [1.165, 1.54) is 24.3 Å². The van der Waals surface area contributed by atoms with Crippen LogP contribution < -0.4 is 0 Å². The molecule has 3 aliphatic rings. The van der Waals surface area contributed by atoms with Crippen molar-refractivity contribution in [1.29, 1.82) is 5.26 Å². The molecule has 5 heteroatoms. The summed E-state index contributed by atoms with van der Waals surface area (Å²) in [5.74, 6) is 2.47. The Hall–Kier alpha value is -0.280. The number of hydrogen-bond donors (Lipinski definition) is 0. The van der Waals surface area contributed by atoms with Gasteiger partial charge in [-0.3, -0.25) is 4.90 Å². The summed E-state index contributed by atoms with van der Waals surface area (Å²) in [7, 11) is 0. The third-order valence-corrected chi connectivity index (χ3v) is 5.61. The van der Waals surface area contributed by atoms with Crippen molar-refractivity contribution in [3.63, 3.8) is 0 Å². The van der Waals surface area contributed by atoms with Crippen LogP contribution in [0.15, 0.2) is 0 Å². The SMILES string of the molecule is N#CC1CN(C2CCOC3(CCSCC3)C2)CCO1. The van der Waals surface area contributed by atoms with Crippen molar-refractivity contribution in [3.05, 3.63) is 0 Å². The molecule has 3 fully saturated rings. The molecular formula is C14H22N2O2S. The maximum Gasteiger partial charge on any atom is 0.156 e. The standard InChI is InChI=1S/C14H22N2O2S/c15-10-13-11-16(4-6-17-13)12-1-5-18-14(9-12)2-7-19-8-3-14/h12-13H,1-9,11H2. The summed E-state index contributed by atoms with van der Waals surface area (Å²) in [6, 6.07) is 2.83. The van der Waals surface area contributed by atoms with Gasteiger partial charge in [0.2, 0.25) is 0 Å². The van der Waals surface area contributed by atoms with Crippen molar-refractivity contribution < 1.29 is 9.47 Å². The van der Waals surface area contributed by atoms with Gasteiger partial charge in [-0.2, -0.15) is 17.0 Å². The van der Waals surface area contributed by atoms with Crippen molar-refractivity contribution in [1.82, 2.24) is 4.90 Å². The largest absolute Gasteiger partial charge is 0.375 e. The van der Waals surface area contributed by atoms with E-state index in [1.807, 2.05) is 11.8 Å². The minimum Gasteiger partial charge on any atom is -0.375 e. The molecule has 106 valence electrons. The smallest absolute Gasteiger partial charge is 0.156 e. The van der Waals surface area contributed by atoms with E-state index < -0.39 is 0 Å². The van der Waals surface area contributed by atoms with E-state index in [2.05, 4.69) is 11.0 Å². The molecule has 3 heterocycles. The first-order chi connectivity index (χ1) is 9.31. The van der Waals surface area contributed by atoms with E-state index in [0.29, 0.717) is 12.6 Å². The Bertz CT molecular complexity index is 346. The molecule has 0 radical (unpaired) electrons. The average molecular weight is 282 g/mol. The Kier molecular flexibility index (Phi) is 4.33. The fourth-order valence-corrected chi connectivity index (χ4v) is 4.72. The van der Waals surface area contributed by atoms with Crippen molar-refractivity contribution >= 4 is 11.8 Å². The maximum atomic E-state index is 9.02. The predicted octanol–water partition coefficient (Wildman–Crippen LogP) is 1.66. The molecule has 4 nitrogen and oxygen atoms in total. The number of nitriles is 1. The van der Waals surface area contributed by atoms with E-state index in [0.717, 1.165) is 32.5 Å². The summed E-state index contributed by atoms with van der Waals surface area (Å²) in [5, 5.41) is 9.02. The van der Waals surface area contributed by atoms with Gasteiger partial charge in [-0.1, -0.05) is 0 Å². The maximum absolute atomic E-state index is 9.02. The first-order valence-corrected chi connectivity index (χ1v) is 8.44. The molecule has 0 N–H and O–H groups in total. The van der Waals surface area contributed by atoms with Gasteiger partial charge in [-0.15, -0.1) is 0 Å². The summed E-state index contributed by atoms with van der Waals surface area (Å²) >= 11 is 2.05. The molecule has 0 bridgehead atoms. The Balaban J connectivity index is 1.63. The molecule has 0 aromatic carbocycles. The van der Waals surface area contributed by atoms with Crippen molar-refractivity contribution in [3.8, 4) is 6.07 Å². The van der Waals surface area contributed by atoms with Crippen LogP contribution in [0, 0.1) is 11.3 Å². The molecule has 0 aliphatic carbocycles. The van der Waals surface area contributed by atoms with Crippen LogP contribution >= 0.6 is 11.8 Å². The highest BCUT2D eigenvalue weighted by atomic mass is 32.2. The van der Waals surface area contributed by atoms with Gasteiger partial charge in [0.25, 0.3) is 0 Å². The first kappa shape index (κ1) is 13.7. The van der Waals surface area contributed by atoms with Gasteiger partial charge in [0.15, 0.2) is 6.10 Å². The number of morpholine rings is 1. The molecule has 0 saturated carbocycles. The number of hydrogen-bond acceptors (Lipinski definition) is 5. The highest BCUT2D eigenvalue weighted by Crippen LogP contribution is 2.39. The van der Waals surface area contributed by atoms with Crippen molar-refractivity contribution in [2.45, 2.75) is 43.4 Å². The topological polar surface area (TPSA) is 45.5 Å². The third-order valence-electron chi connectivity index (χ3n) is 4.63. The second kappa shape index (κ2) is 6.01. The molecule has 3 aliphatic heterocycles. The third kappa shape index (κ3) is 3.08. The summed E-state index contributed by atoms with van der Waals surface area (Å²) in [4.78, 5) is 2.46. The van der Waals surface area contributed by atoms with Crippen LogP contribution in [0.3, 0.4) is 0 Å². The van der Waals surface area contributed by atoms with Gasteiger partial charge in [0, 0.05) is 25.7 Å². The van der Waals surface area contributed by atoms with Crippen LogP contribution in [0.5, 0.6) is 0 Å². The summed E-state index contributed by atoms with van der Waals surface area (Å²) < 4.78 is 11.6. The van der Waals surface area contributed by atoms with E-state index in [4.69, 9.17) is 14.7 Å². The van der Waals surface area contributed by atoms with Gasteiger partial charge < -0.3 is 9.47 Å². The highest BCUT2D eigenvalue weighted by molar-refractivity contribution is 7.99. The van der Waals surface area contributed by atoms with Gasteiger partial charge in [-0.05, 0) is 37.2 Å². The van der Waals surface area contributed by atoms with Crippen molar-refractivity contribution in [2.24, 2.45) is 0 Å². The van der Waals surface area contributed by atoms with E-state index in [9.17, 15) is 0 Å². The predicted molar refractivity (Wildman–Crippen MR) is 75.2 cm³/mol. The lowest BCUT2D eigenvalue weighted by Gasteiger charge is -2.47. The number of ether oxygens (including phenoxy) is 2. The molecule has 1 spiro atoms. The van der Waals surface area contributed by atoms with Crippen LogP contribution in [-0.4, -0.2) is 60.5 Å². The highest BCUT2D eigenvalue weighted by Gasteiger charge is 2.41. The molecule has 2 unspecified atom stereocenters. The molecular weight excluding hydrogens is 260 g/mol. The van der Waals surface area contributed by atoms with Crippen LogP contribution in [0.2, 0.25) is 0 Å². The molecule has 0 amide bonds. The summed E-state index contributed by atoms with van der Waals surface area (Å²) in [6.45, 7) is 3.31. The zero-order valence-electron chi connectivity index (χ0n) is 11.3. The van der Waals surface area contributed by atoms with Crippen LogP contribution in [0.25, 0.3) is 0 Å². The van der Waals surface area contributed by atoms with E-state index in [-0.39, 0.29) is 11.7 Å². The minimum atomic E-state index is -0.241. The number of nitrogens with zero attached hydrogens (tertiary/aromatic N) is 2. The molecule has 2 atom stereocenters. The second-order valence-electron chi connectivity index (χ2n) is 5.77. The fourth-order valence-electron chi connectivity index (χ4n) is 3.48. The lowest BCUT2D eigenvalue weighted by atomic mass is 9.84. The minimum absolute atomic E-state index is 0.134. The lowest BCUT2D eigenvalue weighted by Crippen LogP contribution is -2.54. The quantitative estimate of drug-likeness (QED) is 0.732. The van der Waals surface area contributed by atoms with Crippen LogP contribution in [0.1, 0.15) is 25.7 Å². The molecule has 3 rings (SSSR count). The number of thioether (sulfide) groups is 1. The van der Waals surface area contributed by atoms with Crippen LogP contribution in [0.4, 0.5) is 0 Å².